The van der Waals surface area contributed by atoms with Crippen molar-refractivity contribution in [2.45, 2.75) is 19.9 Å². The molecule has 0 spiro atoms. The zero-order valence-corrected chi connectivity index (χ0v) is 18.3. The van der Waals surface area contributed by atoms with Crippen LogP contribution in [0.4, 0.5) is 14.5 Å². The molecule has 0 fully saturated rings. The van der Waals surface area contributed by atoms with Crippen molar-refractivity contribution in [3.8, 4) is 11.1 Å². The van der Waals surface area contributed by atoms with Crippen molar-refractivity contribution in [1.29, 1.82) is 0 Å². The Morgan fingerprint density at radius 1 is 1.28 bits per heavy atom. The zero-order chi connectivity index (χ0) is 23.2. The predicted octanol–water partition coefficient (Wildman–Crippen LogP) is 3.53. The summed E-state index contributed by atoms with van der Waals surface area (Å²) in [5.74, 6) is -1.34. The molecule has 4 rings (SSSR count). The number of hydrogen-bond donors (Lipinski definition) is 2. The van der Waals surface area contributed by atoms with E-state index >= 15 is 0 Å². The molecule has 0 atom stereocenters. The van der Waals surface area contributed by atoms with Gasteiger partial charge in [-0.1, -0.05) is 11.6 Å². The predicted molar refractivity (Wildman–Crippen MR) is 116 cm³/mol. The molecule has 0 aromatic carbocycles. The van der Waals surface area contributed by atoms with Crippen LogP contribution in [0.3, 0.4) is 0 Å². The van der Waals surface area contributed by atoms with Gasteiger partial charge in [0.25, 0.3) is 12.3 Å². The highest BCUT2D eigenvalue weighted by molar-refractivity contribution is 7.21. The largest absolute Gasteiger partial charge is 0.365 e. The van der Waals surface area contributed by atoms with Crippen molar-refractivity contribution >= 4 is 50.7 Å². The lowest BCUT2D eigenvalue weighted by atomic mass is 10.0. The number of pyridine rings is 1. The van der Waals surface area contributed by atoms with Crippen molar-refractivity contribution in [2.24, 2.45) is 12.8 Å². The smallest absolute Gasteiger partial charge is 0.280 e. The maximum Gasteiger partial charge on any atom is 0.280 e. The van der Waals surface area contributed by atoms with E-state index in [1.54, 1.807) is 18.7 Å². The topological polar surface area (TPSA) is 121 Å². The molecule has 13 heteroatoms. The number of anilines is 1. The van der Waals surface area contributed by atoms with Gasteiger partial charge in [0, 0.05) is 29.9 Å². The second-order valence-electron chi connectivity index (χ2n) is 6.92. The molecule has 0 bridgehead atoms. The Morgan fingerprint density at radius 3 is 2.59 bits per heavy atom. The molecule has 0 saturated carbocycles. The molecule has 32 heavy (non-hydrogen) atoms. The molecule has 4 aromatic rings. The summed E-state index contributed by atoms with van der Waals surface area (Å²) < 4.78 is 30.0. The number of aryl methyl sites for hydroxylation is 1. The number of aromatic nitrogens is 5. The standard InChI is InChI=1S/C19H16ClF2N7O2S/c1-8-11(5-24-28(8)2)10-3-12(17(21)22)26-19-14(10)15(16(32-19)18(23)31)27-13(30)7-29-6-9(20)4-25-29/h3-6,17H,7H2,1-2H3,(H2,23,31)(H,27,30). The maximum atomic E-state index is 13.6. The van der Waals surface area contributed by atoms with Gasteiger partial charge in [0.1, 0.15) is 21.9 Å². The normalized spacial score (nSPS) is 11.4. The number of nitrogens with zero attached hydrogens (tertiary/aromatic N) is 5. The fraction of sp³-hybridized carbons (Fsp3) is 0.211. The molecule has 0 saturated heterocycles. The number of amides is 2. The van der Waals surface area contributed by atoms with Gasteiger partial charge in [-0.05, 0) is 18.6 Å². The fourth-order valence-electron chi connectivity index (χ4n) is 3.25. The Kier molecular flexibility index (Phi) is 5.65. The van der Waals surface area contributed by atoms with Gasteiger partial charge < -0.3 is 11.1 Å². The molecule has 2 amide bonds. The van der Waals surface area contributed by atoms with Gasteiger partial charge in [0.2, 0.25) is 5.91 Å². The Bertz CT molecular complexity index is 1360. The van der Waals surface area contributed by atoms with Gasteiger partial charge in [-0.3, -0.25) is 19.0 Å². The van der Waals surface area contributed by atoms with E-state index in [-0.39, 0.29) is 21.9 Å². The van der Waals surface area contributed by atoms with Crippen molar-refractivity contribution in [1.82, 2.24) is 24.5 Å². The van der Waals surface area contributed by atoms with Crippen LogP contribution in [-0.4, -0.2) is 36.4 Å². The highest BCUT2D eigenvalue weighted by Crippen LogP contribution is 2.43. The molecule has 166 valence electrons. The SMILES string of the molecule is Cc1c(-c2cc(C(F)F)nc3sc(C(N)=O)c(NC(=O)Cn4cc(Cl)cn4)c23)cnn1C. The van der Waals surface area contributed by atoms with Crippen LogP contribution in [0.2, 0.25) is 5.02 Å². The first-order valence-corrected chi connectivity index (χ1v) is 10.4. The minimum Gasteiger partial charge on any atom is -0.365 e. The number of rotatable bonds is 6. The van der Waals surface area contributed by atoms with Crippen LogP contribution < -0.4 is 11.1 Å². The van der Waals surface area contributed by atoms with Gasteiger partial charge in [0.15, 0.2) is 0 Å². The van der Waals surface area contributed by atoms with E-state index in [1.165, 1.54) is 29.3 Å². The summed E-state index contributed by atoms with van der Waals surface area (Å²) in [7, 11) is 1.71. The van der Waals surface area contributed by atoms with Crippen LogP contribution in [0.15, 0.2) is 24.7 Å². The lowest BCUT2D eigenvalue weighted by Gasteiger charge is -2.11. The molecule has 4 heterocycles. The molecule has 0 unspecified atom stereocenters. The molecule has 0 aliphatic carbocycles. The average molecular weight is 480 g/mol. The van der Waals surface area contributed by atoms with E-state index in [0.717, 1.165) is 11.3 Å². The van der Waals surface area contributed by atoms with E-state index < -0.39 is 23.9 Å². The average Bonchev–Trinajstić information content (AvgIpc) is 3.39. The molecule has 4 aromatic heterocycles. The van der Waals surface area contributed by atoms with E-state index in [0.29, 0.717) is 27.2 Å². The van der Waals surface area contributed by atoms with Crippen molar-refractivity contribution in [2.75, 3.05) is 5.32 Å². The number of thiophene rings is 1. The lowest BCUT2D eigenvalue weighted by molar-refractivity contribution is -0.116. The minimum absolute atomic E-state index is 0.00597. The first-order valence-electron chi connectivity index (χ1n) is 9.18. The van der Waals surface area contributed by atoms with Crippen molar-refractivity contribution in [3.05, 3.63) is 45.9 Å². The minimum atomic E-state index is -2.84. The first-order chi connectivity index (χ1) is 15.2. The van der Waals surface area contributed by atoms with E-state index in [1.807, 2.05) is 0 Å². The first kappa shape index (κ1) is 21.8. The van der Waals surface area contributed by atoms with Gasteiger partial charge in [-0.15, -0.1) is 11.3 Å². The lowest BCUT2D eigenvalue weighted by Crippen LogP contribution is -2.21. The monoisotopic (exact) mass is 479 g/mol. The number of alkyl halides is 2. The van der Waals surface area contributed by atoms with Gasteiger partial charge in [0.05, 0.1) is 23.1 Å². The second kappa shape index (κ2) is 8.28. The number of primary amides is 1. The van der Waals surface area contributed by atoms with E-state index in [9.17, 15) is 18.4 Å². The van der Waals surface area contributed by atoms with E-state index in [4.69, 9.17) is 17.3 Å². The quantitative estimate of drug-likeness (QED) is 0.438. The summed E-state index contributed by atoms with van der Waals surface area (Å²) in [4.78, 5) is 29.0. The summed E-state index contributed by atoms with van der Waals surface area (Å²) in [6.07, 6.45) is 1.53. The van der Waals surface area contributed by atoms with Crippen LogP contribution in [0.25, 0.3) is 21.3 Å². The maximum absolute atomic E-state index is 13.6. The molecule has 9 nitrogen and oxygen atoms in total. The van der Waals surface area contributed by atoms with Crippen LogP contribution in [0, 0.1) is 6.92 Å². The number of nitrogens with two attached hydrogens (primary N) is 1. The summed E-state index contributed by atoms with van der Waals surface area (Å²) >= 11 is 6.66. The molecular weight excluding hydrogens is 464 g/mol. The Labute approximate surface area is 188 Å². The number of carbonyl (C=O) groups is 2. The number of hydrogen-bond acceptors (Lipinski definition) is 6. The van der Waals surface area contributed by atoms with Crippen molar-refractivity contribution in [3.63, 3.8) is 0 Å². The molecular formula is C19H16ClF2N7O2S. The zero-order valence-electron chi connectivity index (χ0n) is 16.8. The highest BCUT2D eigenvalue weighted by Gasteiger charge is 2.26. The molecule has 0 radical (unpaired) electrons. The van der Waals surface area contributed by atoms with E-state index in [2.05, 4.69) is 20.5 Å². The number of halogens is 3. The fourth-order valence-corrected chi connectivity index (χ4v) is 4.42. The highest BCUT2D eigenvalue weighted by atomic mass is 35.5. The van der Waals surface area contributed by atoms with Gasteiger partial charge >= 0.3 is 0 Å². The Balaban J connectivity index is 1.90. The Hall–Kier alpha value is -3.38. The summed E-state index contributed by atoms with van der Waals surface area (Å²) in [5, 5.41) is 11.5. The van der Waals surface area contributed by atoms with Crippen LogP contribution in [0.1, 0.15) is 27.5 Å². The molecule has 0 aliphatic rings. The van der Waals surface area contributed by atoms with Crippen LogP contribution in [-0.2, 0) is 18.4 Å². The number of carbonyl (C=O) groups excluding carboxylic acids is 2. The molecule has 0 aliphatic heterocycles. The molecule has 3 N–H and O–H groups in total. The Morgan fingerprint density at radius 2 is 2.03 bits per heavy atom. The third kappa shape index (κ3) is 3.94. The van der Waals surface area contributed by atoms with Crippen LogP contribution in [0.5, 0.6) is 0 Å². The van der Waals surface area contributed by atoms with Crippen molar-refractivity contribution < 1.29 is 18.4 Å². The van der Waals surface area contributed by atoms with Gasteiger partial charge in [-0.25, -0.2) is 13.8 Å². The second-order valence-corrected chi connectivity index (χ2v) is 8.35. The summed E-state index contributed by atoms with van der Waals surface area (Å²) in [6, 6.07) is 1.23. The third-order valence-corrected chi connectivity index (χ3v) is 6.12. The number of nitrogens with one attached hydrogen (secondary N) is 1. The third-order valence-electron chi connectivity index (χ3n) is 4.83. The summed E-state index contributed by atoms with van der Waals surface area (Å²) in [5.41, 5.74) is 6.79. The van der Waals surface area contributed by atoms with Gasteiger partial charge in [-0.2, -0.15) is 10.2 Å². The van der Waals surface area contributed by atoms with Crippen LogP contribution >= 0.6 is 22.9 Å². The number of fused-ring (bicyclic) bond motifs is 1. The summed E-state index contributed by atoms with van der Waals surface area (Å²) in [6.45, 7) is 1.59.